The lowest BCUT2D eigenvalue weighted by Gasteiger charge is -2.34. The summed E-state index contributed by atoms with van der Waals surface area (Å²) in [4.78, 5) is 0. The molecule has 0 aliphatic heterocycles. The van der Waals surface area contributed by atoms with Gasteiger partial charge in [-0.15, -0.1) is 0 Å². The van der Waals surface area contributed by atoms with Crippen LogP contribution in [-0.4, -0.2) is 6.16 Å². The molecule has 27 heavy (non-hydrogen) atoms. The van der Waals surface area contributed by atoms with Gasteiger partial charge in [-0.3, -0.25) is 0 Å². The van der Waals surface area contributed by atoms with Crippen molar-refractivity contribution in [2.75, 3.05) is 6.16 Å². The zero-order valence-corrected chi connectivity index (χ0v) is 17.5. The molecule has 2 aromatic carbocycles. The van der Waals surface area contributed by atoms with Gasteiger partial charge in [0.15, 0.2) is 0 Å². The summed E-state index contributed by atoms with van der Waals surface area (Å²) in [5.41, 5.74) is 0. The molecule has 0 unspecified atom stereocenters. The van der Waals surface area contributed by atoms with E-state index in [0.717, 1.165) is 11.8 Å². The first-order chi connectivity index (χ1) is 13.3. The summed E-state index contributed by atoms with van der Waals surface area (Å²) in [5, 5.41) is 4.74. The third-order valence-electron chi connectivity index (χ3n) is 6.48. The molecule has 0 bridgehead atoms. The van der Waals surface area contributed by atoms with Gasteiger partial charge in [-0.1, -0.05) is 62.2 Å². The van der Waals surface area contributed by atoms with E-state index < -0.39 is 7.26 Å². The van der Waals surface area contributed by atoms with E-state index in [9.17, 15) is 0 Å². The topological polar surface area (TPSA) is 0 Å². The van der Waals surface area contributed by atoms with Gasteiger partial charge in [-0.25, -0.2) is 0 Å². The number of rotatable bonds is 5. The fourth-order valence-electron chi connectivity index (χ4n) is 4.91. The van der Waals surface area contributed by atoms with Crippen LogP contribution in [-0.2, 0) is 0 Å². The number of hydrogen-bond acceptors (Lipinski definition) is 0. The number of hydrogen-bond donors (Lipinski definition) is 0. The van der Waals surface area contributed by atoms with Crippen molar-refractivity contribution in [1.82, 2.24) is 0 Å². The van der Waals surface area contributed by atoms with Crippen molar-refractivity contribution in [3.05, 3.63) is 84.2 Å². The SMILES string of the molecule is CC1CCC(C[P+](C2=CCCC=C2)(c2ccccc2)c2ccccc2)CC1. The minimum Gasteiger partial charge on any atom is -0.0803 e. The first kappa shape index (κ1) is 18.7. The quantitative estimate of drug-likeness (QED) is 0.509. The van der Waals surface area contributed by atoms with Gasteiger partial charge in [-0.2, -0.15) is 0 Å². The van der Waals surface area contributed by atoms with E-state index in [1.54, 1.807) is 15.9 Å². The van der Waals surface area contributed by atoms with Gasteiger partial charge < -0.3 is 0 Å². The molecule has 2 aliphatic rings. The van der Waals surface area contributed by atoms with Gasteiger partial charge in [0.05, 0.1) is 6.16 Å². The Morgan fingerprint density at radius 3 is 1.89 bits per heavy atom. The van der Waals surface area contributed by atoms with Crippen LogP contribution in [0.5, 0.6) is 0 Å². The molecule has 2 aromatic rings. The van der Waals surface area contributed by atoms with Gasteiger partial charge >= 0.3 is 0 Å². The Balaban J connectivity index is 1.83. The van der Waals surface area contributed by atoms with E-state index in [4.69, 9.17) is 0 Å². The third-order valence-corrected chi connectivity index (χ3v) is 11.1. The van der Waals surface area contributed by atoms with E-state index >= 15 is 0 Å². The van der Waals surface area contributed by atoms with Gasteiger partial charge in [0.1, 0.15) is 23.2 Å². The fourth-order valence-corrected chi connectivity index (χ4v) is 9.74. The lowest BCUT2D eigenvalue weighted by Crippen LogP contribution is -2.30. The Morgan fingerprint density at radius 2 is 1.37 bits per heavy atom. The highest BCUT2D eigenvalue weighted by molar-refractivity contribution is 7.93. The van der Waals surface area contributed by atoms with Gasteiger partial charge in [0, 0.05) is 0 Å². The van der Waals surface area contributed by atoms with Crippen molar-refractivity contribution in [3.8, 4) is 0 Å². The van der Waals surface area contributed by atoms with Crippen molar-refractivity contribution in [3.63, 3.8) is 0 Å². The zero-order valence-electron chi connectivity index (χ0n) is 16.6. The van der Waals surface area contributed by atoms with E-state index in [1.807, 2.05) is 0 Å². The minimum absolute atomic E-state index is 0.853. The molecule has 0 radical (unpaired) electrons. The maximum atomic E-state index is 2.55. The van der Waals surface area contributed by atoms with Crippen LogP contribution in [0.4, 0.5) is 0 Å². The monoisotopic (exact) mass is 375 g/mol. The molecule has 0 saturated heterocycles. The molecular formula is C26H32P+. The van der Waals surface area contributed by atoms with Crippen LogP contribution in [0, 0.1) is 11.8 Å². The van der Waals surface area contributed by atoms with Gasteiger partial charge in [0.2, 0.25) is 0 Å². The van der Waals surface area contributed by atoms with Crippen molar-refractivity contribution in [2.45, 2.75) is 45.4 Å². The highest BCUT2D eigenvalue weighted by Gasteiger charge is 2.48. The average Bonchev–Trinajstić information content (AvgIpc) is 2.75. The minimum atomic E-state index is -1.59. The molecule has 0 spiro atoms. The summed E-state index contributed by atoms with van der Waals surface area (Å²) >= 11 is 0. The van der Waals surface area contributed by atoms with Crippen molar-refractivity contribution >= 4 is 17.9 Å². The van der Waals surface area contributed by atoms with Crippen molar-refractivity contribution in [2.24, 2.45) is 11.8 Å². The molecule has 2 aliphatic carbocycles. The average molecular weight is 376 g/mol. The second-order valence-electron chi connectivity index (χ2n) is 8.40. The van der Waals surface area contributed by atoms with Crippen molar-refractivity contribution in [1.29, 1.82) is 0 Å². The molecule has 140 valence electrons. The predicted molar refractivity (Wildman–Crippen MR) is 122 cm³/mol. The normalized spacial score (nSPS) is 23.1. The Morgan fingerprint density at radius 1 is 0.778 bits per heavy atom. The molecule has 0 heterocycles. The molecule has 0 amide bonds. The van der Waals surface area contributed by atoms with Crippen LogP contribution in [0.25, 0.3) is 0 Å². The second kappa shape index (κ2) is 8.57. The molecule has 1 heteroatoms. The first-order valence-corrected chi connectivity index (χ1v) is 12.6. The van der Waals surface area contributed by atoms with Crippen molar-refractivity contribution < 1.29 is 0 Å². The summed E-state index contributed by atoms with van der Waals surface area (Å²) in [6.45, 7) is 2.43. The van der Waals surface area contributed by atoms with Crippen LogP contribution < -0.4 is 10.6 Å². The lowest BCUT2D eigenvalue weighted by molar-refractivity contribution is 0.310. The third kappa shape index (κ3) is 3.97. The summed E-state index contributed by atoms with van der Waals surface area (Å²) in [6, 6.07) is 22.9. The molecule has 4 rings (SSSR count). The Bertz CT molecular complexity index is 740. The largest absolute Gasteiger partial charge is 0.112 e. The first-order valence-electron chi connectivity index (χ1n) is 10.7. The van der Waals surface area contributed by atoms with E-state index in [2.05, 4.69) is 85.8 Å². The molecule has 1 fully saturated rings. The molecule has 0 atom stereocenters. The Labute approximate surface area is 165 Å². The highest BCUT2D eigenvalue weighted by Crippen LogP contribution is 2.66. The van der Waals surface area contributed by atoms with Crippen LogP contribution in [0.2, 0.25) is 0 Å². The van der Waals surface area contributed by atoms with E-state index in [0.29, 0.717) is 0 Å². The van der Waals surface area contributed by atoms with Crippen LogP contribution in [0.15, 0.2) is 84.2 Å². The summed E-state index contributed by atoms with van der Waals surface area (Å²) < 4.78 is 0. The number of allylic oxidation sites excluding steroid dienone is 4. The Hall–Kier alpha value is -1.65. The predicted octanol–water partition coefficient (Wildman–Crippen LogP) is 6.72. The lowest BCUT2D eigenvalue weighted by atomic mass is 9.84. The smallest absolute Gasteiger partial charge is 0.0803 e. The molecule has 0 nitrogen and oxygen atoms in total. The van der Waals surface area contributed by atoms with Crippen LogP contribution >= 0.6 is 7.26 Å². The summed E-state index contributed by atoms with van der Waals surface area (Å²) in [5.74, 6) is 1.77. The standard InChI is InChI=1S/C26H32P/c1-22-17-19-23(20-18-22)21-27(24-11-5-2-6-12-24,25-13-7-3-8-14-25)26-15-9-4-10-16-26/h2-3,5-9,11-16,22-23H,4,10,17-21H2,1H3/q+1. The van der Waals surface area contributed by atoms with E-state index in [1.165, 1.54) is 44.7 Å². The molecule has 0 aromatic heterocycles. The second-order valence-corrected chi connectivity index (χ2v) is 11.9. The van der Waals surface area contributed by atoms with Crippen LogP contribution in [0.1, 0.15) is 45.4 Å². The van der Waals surface area contributed by atoms with Gasteiger partial charge in [0.25, 0.3) is 0 Å². The van der Waals surface area contributed by atoms with Crippen LogP contribution in [0.3, 0.4) is 0 Å². The van der Waals surface area contributed by atoms with Gasteiger partial charge in [-0.05, 0) is 73.9 Å². The highest BCUT2D eigenvalue weighted by atomic mass is 31.2. The Kier molecular flexibility index (Phi) is 5.94. The number of benzene rings is 2. The maximum Gasteiger partial charge on any atom is 0.112 e. The fraction of sp³-hybridized carbons (Fsp3) is 0.385. The molecule has 0 N–H and O–H groups in total. The summed E-state index contributed by atoms with van der Waals surface area (Å²) in [7, 11) is -1.59. The maximum absolute atomic E-state index is 2.55. The summed E-state index contributed by atoms with van der Waals surface area (Å²) in [6.07, 6.45) is 16.7. The molecular weight excluding hydrogens is 343 g/mol. The zero-order chi connectivity index (χ0) is 18.5. The molecule has 1 saturated carbocycles. The van der Waals surface area contributed by atoms with E-state index in [-0.39, 0.29) is 0 Å².